The van der Waals surface area contributed by atoms with E-state index in [-0.39, 0.29) is 17.2 Å². The summed E-state index contributed by atoms with van der Waals surface area (Å²) in [5.74, 6) is -3.24. The molecule has 2 atom stereocenters. The minimum Gasteiger partial charge on any atom is -0.480 e. The Balaban J connectivity index is 2.94. The maximum absolute atomic E-state index is 10.8. The van der Waals surface area contributed by atoms with E-state index >= 15 is 0 Å². The highest BCUT2D eigenvalue weighted by Crippen LogP contribution is 2.11. The molecule has 1 heterocycles. The molecule has 0 saturated heterocycles. The second-order valence-electron chi connectivity index (χ2n) is 3.69. The molecule has 11 nitrogen and oxygen atoms in total. The van der Waals surface area contributed by atoms with Crippen LogP contribution in [0, 0.1) is 0 Å². The van der Waals surface area contributed by atoms with E-state index in [2.05, 4.69) is 25.6 Å². The molecule has 0 bridgehead atoms. The molecule has 0 aliphatic rings. The molecule has 21 heavy (non-hydrogen) atoms. The van der Waals surface area contributed by atoms with Gasteiger partial charge in [-0.1, -0.05) is 0 Å². The topological polar surface area (TPSA) is 178 Å². The van der Waals surface area contributed by atoms with Crippen LogP contribution in [0.5, 0.6) is 0 Å². The summed E-state index contributed by atoms with van der Waals surface area (Å²) in [6, 6.07) is -2.74. The third-order valence-electron chi connectivity index (χ3n) is 2.18. The first kappa shape index (κ1) is 16.8. The lowest BCUT2D eigenvalue weighted by Gasteiger charge is -2.14. The van der Waals surface area contributed by atoms with Crippen LogP contribution in [0.25, 0.3) is 0 Å². The summed E-state index contributed by atoms with van der Waals surface area (Å²) in [7, 11) is 0. The van der Waals surface area contributed by atoms with Gasteiger partial charge in [0.25, 0.3) is 0 Å². The van der Waals surface area contributed by atoms with E-state index in [4.69, 9.17) is 32.0 Å². The average Bonchev–Trinajstić information content (AvgIpc) is 2.40. The number of aromatic nitrogens is 3. The number of nitrogens with zero attached hydrogens (tertiary/aromatic N) is 3. The molecule has 12 heteroatoms. The Labute approximate surface area is 122 Å². The van der Waals surface area contributed by atoms with E-state index < -0.39 is 37.2 Å². The fourth-order valence-electron chi connectivity index (χ4n) is 1.16. The Kier molecular flexibility index (Phi) is 6.02. The zero-order chi connectivity index (χ0) is 16.0. The van der Waals surface area contributed by atoms with Gasteiger partial charge in [0.05, 0.1) is 13.2 Å². The molecule has 1 aromatic rings. The van der Waals surface area contributed by atoms with Crippen LogP contribution < -0.4 is 10.6 Å². The highest BCUT2D eigenvalue weighted by atomic mass is 35.5. The van der Waals surface area contributed by atoms with E-state index in [9.17, 15) is 9.59 Å². The van der Waals surface area contributed by atoms with E-state index in [1.54, 1.807) is 0 Å². The average molecular weight is 322 g/mol. The van der Waals surface area contributed by atoms with Crippen molar-refractivity contribution in [3.63, 3.8) is 0 Å². The van der Waals surface area contributed by atoms with Crippen LogP contribution >= 0.6 is 11.6 Å². The van der Waals surface area contributed by atoms with Gasteiger partial charge in [-0.15, -0.1) is 0 Å². The van der Waals surface area contributed by atoms with E-state index in [1.165, 1.54) is 0 Å². The van der Waals surface area contributed by atoms with E-state index in [1.807, 2.05) is 0 Å². The molecule has 0 aliphatic carbocycles. The zero-order valence-corrected chi connectivity index (χ0v) is 11.1. The number of carboxylic acid groups (broad SMARTS) is 2. The highest BCUT2D eigenvalue weighted by molar-refractivity contribution is 6.28. The van der Waals surface area contributed by atoms with Crippen LogP contribution in [0.3, 0.4) is 0 Å². The van der Waals surface area contributed by atoms with Gasteiger partial charge in [-0.2, -0.15) is 15.0 Å². The predicted molar refractivity (Wildman–Crippen MR) is 69.1 cm³/mol. The Bertz CT molecular complexity index is 487. The second kappa shape index (κ2) is 7.52. The van der Waals surface area contributed by atoms with Crippen molar-refractivity contribution in [2.45, 2.75) is 12.1 Å². The number of rotatable bonds is 8. The third kappa shape index (κ3) is 4.98. The number of halogens is 1. The Morgan fingerprint density at radius 1 is 0.952 bits per heavy atom. The molecule has 0 radical (unpaired) electrons. The lowest BCUT2D eigenvalue weighted by molar-refractivity contribution is -0.139. The summed E-state index contributed by atoms with van der Waals surface area (Å²) in [6.07, 6.45) is 0. The molecular formula is C9H12ClN5O6. The zero-order valence-electron chi connectivity index (χ0n) is 10.4. The van der Waals surface area contributed by atoms with E-state index in [0.717, 1.165) is 0 Å². The monoisotopic (exact) mass is 321 g/mol. The number of carboxylic acids is 2. The third-order valence-corrected chi connectivity index (χ3v) is 2.35. The maximum atomic E-state index is 10.8. The van der Waals surface area contributed by atoms with Crippen molar-refractivity contribution >= 4 is 35.4 Å². The molecule has 116 valence electrons. The predicted octanol–water partition coefficient (Wildman–Crippen LogP) is -1.76. The number of hydrogen-bond acceptors (Lipinski definition) is 9. The highest BCUT2D eigenvalue weighted by Gasteiger charge is 2.20. The molecule has 0 aromatic carbocycles. The van der Waals surface area contributed by atoms with Gasteiger partial charge in [0.2, 0.25) is 17.2 Å². The summed E-state index contributed by atoms with van der Waals surface area (Å²) in [4.78, 5) is 32.4. The van der Waals surface area contributed by atoms with Gasteiger partial charge in [0, 0.05) is 0 Å². The van der Waals surface area contributed by atoms with Crippen LogP contribution in [-0.2, 0) is 9.59 Å². The number of aliphatic hydroxyl groups excluding tert-OH is 2. The summed E-state index contributed by atoms with van der Waals surface area (Å²) >= 11 is 5.60. The van der Waals surface area contributed by atoms with Gasteiger partial charge in [-0.25, -0.2) is 9.59 Å². The molecule has 0 amide bonds. The fraction of sp³-hybridized carbons (Fsp3) is 0.444. The molecule has 0 spiro atoms. The molecule has 0 aliphatic heterocycles. The quantitative estimate of drug-likeness (QED) is 0.319. The van der Waals surface area contributed by atoms with Gasteiger partial charge < -0.3 is 31.1 Å². The number of aliphatic carboxylic acids is 2. The van der Waals surface area contributed by atoms with Gasteiger partial charge in [-0.05, 0) is 11.6 Å². The number of carbonyl (C=O) groups is 2. The molecule has 2 unspecified atom stereocenters. The lowest BCUT2D eigenvalue weighted by Crippen LogP contribution is -2.35. The number of anilines is 2. The van der Waals surface area contributed by atoms with Crippen LogP contribution in [0.4, 0.5) is 11.9 Å². The molecular weight excluding hydrogens is 310 g/mol. The first-order chi connectivity index (χ1) is 9.87. The largest absolute Gasteiger partial charge is 0.480 e. The van der Waals surface area contributed by atoms with Crippen molar-refractivity contribution in [2.24, 2.45) is 0 Å². The molecule has 6 N–H and O–H groups in total. The smallest absolute Gasteiger partial charge is 0.328 e. The van der Waals surface area contributed by atoms with Crippen LogP contribution in [-0.4, -0.2) is 72.6 Å². The van der Waals surface area contributed by atoms with E-state index in [0.29, 0.717) is 0 Å². The minimum atomic E-state index is -1.37. The Morgan fingerprint density at radius 2 is 1.33 bits per heavy atom. The standard InChI is InChI=1S/C9H12ClN5O6/c10-7-13-8(11-3(1-16)5(18)19)15-9(14-7)12-4(2-17)6(20)21/h3-4,16-17H,1-2H2,(H,18,19)(H,20,21)(H2,11,12,13,14,15). The number of nitrogens with one attached hydrogen (secondary N) is 2. The Hall–Kier alpha value is -2.24. The molecule has 0 fully saturated rings. The molecule has 0 saturated carbocycles. The van der Waals surface area contributed by atoms with Crippen molar-refractivity contribution in [3.05, 3.63) is 5.28 Å². The van der Waals surface area contributed by atoms with Crippen LogP contribution in [0.1, 0.15) is 0 Å². The van der Waals surface area contributed by atoms with Crippen LogP contribution in [0.15, 0.2) is 0 Å². The fourth-order valence-corrected chi connectivity index (χ4v) is 1.32. The van der Waals surface area contributed by atoms with Gasteiger partial charge in [0.15, 0.2) is 12.1 Å². The van der Waals surface area contributed by atoms with Gasteiger partial charge >= 0.3 is 11.9 Å². The van der Waals surface area contributed by atoms with Gasteiger partial charge in [0.1, 0.15) is 0 Å². The summed E-state index contributed by atoms with van der Waals surface area (Å²) in [5, 5.41) is 39.5. The van der Waals surface area contributed by atoms with Crippen molar-refractivity contribution in [2.75, 3.05) is 23.8 Å². The molecule has 1 aromatic heterocycles. The second-order valence-corrected chi connectivity index (χ2v) is 4.03. The summed E-state index contributed by atoms with van der Waals surface area (Å²) < 4.78 is 0. The first-order valence-electron chi connectivity index (χ1n) is 5.49. The summed E-state index contributed by atoms with van der Waals surface area (Å²) in [5.41, 5.74) is 0. The normalized spacial score (nSPS) is 13.3. The SMILES string of the molecule is O=C(O)C(CO)Nc1nc(Cl)nc(NC(CO)C(=O)O)n1. The van der Waals surface area contributed by atoms with Crippen molar-refractivity contribution in [3.8, 4) is 0 Å². The van der Waals surface area contributed by atoms with Crippen LogP contribution in [0.2, 0.25) is 5.28 Å². The Morgan fingerprint density at radius 3 is 1.62 bits per heavy atom. The lowest BCUT2D eigenvalue weighted by atomic mass is 10.3. The number of hydrogen-bond donors (Lipinski definition) is 6. The molecule has 1 rings (SSSR count). The van der Waals surface area contributed by atoms with Crippen molar-refractivity contribution in [1.82, 2.24) is 15.0 Å². The summed E-state index contributed by atoms with van der Waals surface area (Å²) in [6.45, 7) is -1.45. The first-order valence-corrected chi connectivity index (χ1v) is 5.87. The van der Waals surface area contributed by atoms with Gasteiger partial charge in [-0.3, -0.25) is 0 Å². The number of aliphatic hydroxyl groups is 2. The van der Waals surface area contributed by atoms with Crippen molar-refractivity contribution in [1.29, 1.82) is 0 Å². The minimum absolute atomic E-state index is 0.277. The van der Waals surface area contributed by atoms with Crippen molar-refractivity contribution < 1.29 is 30.0 Å². The maximum Gasteiger partial charge on any atom is 0.328 e.